The molecule has 24 heavy (non-hydrogen) atoms. The fraction of sp³-hybridized carbons (Fsp3) is 0.0625. The highest BCUT2D eigenvalue weighted by Crippen LogP contribution is 2.23. The first kappa shape index (κ1) is 18.4. The number of amides is 1. The van der Waals surface area contributed by atoms with E-state index in [0.29, 0.717) is 20.7 Å². The second-order valence-electron chi connectivity index (χ2n) is 4.87. The average molecular weight is 428 g/mol. The Hall–Kier alpha value is -1.96. The lowest BCUT2D eigenvalue weighted by Crippen LogP contribution is -2.34. The van der Waals surface area contributed by atoms with Gasteiger partial charge in [-0.05, 0) is 71.0 Å². The molecule has 2 aromatic carbocycles. The predicted octanol–water partition coefficient (Wildman–Crippen LogP) is 4.24. The number of halogens is 2. The molecule has 0 unspecified atom stereocenters. The number of aryl methyl sites for hydroxylation is 1. The summed E-state index contributed by atoms with van der Waals surface area (Å²) in [4.78, 5) is 23.2. The van der Waals surface area contributed by atoms with Gasteiger partial charge in [-0.1, -0.05) is 17.7 Å². The first-order valence-electron chi connectivity index (χ1n) is 6.69. The van der Waals surface area contributed by atoms with Crippen molar-refractivity contribution >= 4 is 62.4 Å². The number of aromatic carboxylic acids is 1. The van der Waals surface area contributed by atoms with E-state index in [0.717, 1.165) is 5.56 Å². The highest BCUT2D eigenvalue weighted by Gasteiger charge is 2.12. The third-order valence-corrected chi connectivity index (χ3v) is 4.43. The molecule has 3 N–H and O–H groups in total. The van der Waals surface area contributed by atoms with E-state index in [-0.39, 0.29) is 10.7 Å². The standard InChI is InChI=1S/C16H12BrClN2O3S/c1-8-2-3-9(6-12(8)18)14(21)20-16(24)19-13-7-10(15(22)23)4-5-11(13)17/h2-7H,1H3,(H,22,23)(H2,19,20,21,24). The molecule has 0 saturated heterocycles. The Labute approximate surface area is 157 Å². The molecule has 0 fully saturated rings. The van der Waals surface area contributed by atoms with Crippen LogP contribution in [-0.2, 0) is 0 Å². The van der Waals surface area contributed by atoms with Gasteiger partial charge >= 0.3 is 5.97 Å². The van der Waals surface area contributed by atoms with E-state index in [4.69, 9.17) is 28.9 Å². The minimum Gasteiger partial charge on any atom is -0.478 e. The van der Waals surface area contributed by atoms with Crippen LogP contribution in [0.15, 0.2) is 40.9 Å². The van der Waals surface area contributed by atoms with Gasteiger partial charge in [-0.25, -0.2) is 4.79 Å². The number of nitrogens with one attached hydrogen (secondary N) is 2. The zero-order valence-corrected chi connectivity index (χ0v) is 15.6. The van der Waals surface area contributed by atoms with Gasteiger partial charge in [0.15, 0.2) is 5.11 Å². The minimum atomic E-state index is -1.06. The number of benzene rings is 2. The van der Waals surface area contributed by atoms with Crippen molar-refractivity contribution in [3.05, 3.63) is 62.6 Å². The van der Waals surface area contributed by atoms with Crippen molar-refractivity contribution in [3.63, 3.8) is 0 Å². The fourth-order valence-electron chi connectivity index (χ4n) is 1.82. The number of hydrogen-bond donors (Lipinski definition) is 3. The number of anilines is 1. The molecular weight excluding hydrogens is 416 g/mol. The van der Waals surface area contributed by atoms with Crippen LogP contribution in [0.3, 0.4) is 0 Å². The van der Waals surface area contributed by atoms with E-state index < -0.39 is 11.9 Å². The van der Waals surface area contributed by atoms with Crippen molar-refractivity contribution < 1.29 is 14.7 Å². The fourth-order valence-corrected chi connectivity index (χ4v) is 2.55. The first-order valence-corrected chi connectivity index (χ1v) is 8.27. The summed E-state index contributed by atoms with van der Waals surface area (Å²) in [6, 6.07) is 9.37. The van der Waals surface area contributed by atoms with Crippen LogP contribution in [-0.4, -0.2) is 22.1 Å². The Balaban J connectivity index is 2.10. The maximum atomic E-state index is 12.2. The van der Waals surface area contributed by atoms with Gasteiger partial charge in [0.2, 0.25) is 0 Å². The summed E-state index contributed by atoms with van der Waals surface area (Å²) in [5.41, 5.74) is 1.76. The molecule has 124 valence electrons. The molecule has 0 saturated carbocycles. The highest BCUT2D eigenvalue weighted by atomic mass is 79.9. The maximum absolute atomic E-state index is 12.2. The summed E-state index contributed by atoms with van der Waals surface area (Å²) in [6.07, 6.45) is 0. The Kier molecular flexibility index (Phi) is 5.93. The summed E-state index contributed by atoms with van der Waals surface area (Å²) in [5.74, 6) is -1.48. The van der Waals surface area contributed by atoms with Crippen molar-refractivity contribution in [2.24, 2.45) is 0 Å². The molecule has 2 aromatic rings. The van der Waals surface area contributed by atoms with Crippen LogP contribution in [0, 0.1) is 6.92 Å². The van der Waals surface area contributed by atoms with Crippen LogP contribution < -0.4 is 10.6 Å². The van der Waals surface area contributed by atoms with Gasteiger partial charge in [-0.2, -0.15) is 0 Å². The minimum absolute atomic E-state index is 0.0416. The van der Waals surface area contributed by atoms with Crippen LogP contribution in [0.2, 0.25) is 5.02 Å². The van der Waals surface area contributed by atoms with E-state index in [1.165, 1.54) is 12.1 Å². The highest BCUT2D eigenvalue weighted by molar-refractivity contribution is 9.10. The van der Waals surface area contributed by atoms with E-state index in [9.17, 15) is 9.59 Å². The summed E-state index contributed by atoms with van der Waals surface area (Å²) < 4.78 is 0.613. The van der Waals surface area contributed by atoms with Crippen LogP contribution in [0.4, 0.5) is 5.69 Å². The summed E-state index contributed by atoms with van der Waals surface area (Å²) in [7, 11) is 0. The number of carbonyl (C=O) groups is 2. The van der Waals surface area contributed by atoms with Crippen LogP contribution >= 0.6 is 39.7 Å². The normalized spacial score (nSPS) is 10.1. The number of carboxylic acids is 1. The van der Waals surface area contributed by atoms with E-state index in [1.54, 1.807) is 24.3 Å². The summed E-state index contributed by atoms with van der Waals surface area (Å²) >= 11 is 14.4. The molecule has 0 aliphatic heterocycles. The molecule has 8 heteroatoms. The van der Waals surface area contributed by atoms with Gasteiger partial charge in [0.25, 0.3) is 5.91 Å². The zero-order valence-electron chi connectivity index (χ0n) is 12.4. The van der Waals surface area contributed by atoms with Gasteiger partial charge in [0, 0.05) is 15.1 Å². The van der Waals surface area contributed by atoms with Gasteiger partial charge in [-0.15, -0.1) is 0 Å². The second kappa shape index (κ2) is 7.74. The Morgan fingerprint density at radius 2 is 1.83 bits per heavy atom. The largest absolute Gasteiger partial charge is 0.478 e. The summed E-state index contributed by atoms with van der Waals surface area (Å²) in [6.45, 7) is 1.84. The molecule has 0 atom stereocenters. The van der Waals surface area contributed by atoms with Crippen LogP contribution in [0.1, 0.15) is 26.3 Å². The lowest BCUT2D eigenvalue weighted by molar-refractivity contribution is 0.0696. The molecule has 0 bridgehead atoms. The number of carbonyl (C=O) groups excluding carboxylic acids is 1. The monoisotopic (exact) mass is 426 g/mol. The van der Waals surface area contributed by atoms with Crippen molar-refractivity contribution in [1.82, 2.24) is 5.32 Å². The molecule has 1 amide bonds. The lowest BCUT2D eigenvalue weighted by atomic mass is 10.1. The number of thiocarbonyl (C=S) groups is 1. The molecule has 0 radical (unpaired) electrons. The Bertz CT molecular complexity index is 842. The van der Waals surface area contributed by atoms with Gasteiger partial charge in [0.05, 0.1) is 11.3 Å². The molecule has 0 aliphatic rings. The van der Waals surface area contributed by atoms with Gasteiger partial charge < -0.3 is 10.4 Å². The topological polar surface area (TPSA) is 78.4 Å². The van der Waals surface area contributed by atoms with E-state index in [1.807, 2.05) is 6.92 Å². The molecule has 0 spiro atoms. The zero-order chi connectivity index (χ0) is 17.9. The van der Waals surface area contributed by atoms with E-state index in [2.05, 4.69) is 26.6 Å². The van der Waals surface area contributed by atoms with Gasteiger partial charge in [-0.3, -0.25) is 10.1 Å². The average Bonchev–Trinajstić information content (AvgIpc) is 2.51. The third kappa shape index (κ3) is 4.53. The van der Waals surface area contributed by atoms with Crippen LogP contribution in [0.25, 0.3) is 0 Å². The lowest BCUT2D eigenvalue weighted by Gasteiger charge is -2.12. The quantitative estimate of drug-likeness (QED) is 0.639. The molecule has 0 heterocycles. The van der Waals surface area contributed by atoms with E-state index >= 15 is 0 Å². The number of rotatable bonds is 3. The molecule has 2 rings (SSSR count). The smallest absolute Gasteiger partial charge is 0.335 e. The van der Waals surface area contributed by atoms with Gasteiger partial charge in [0.1, 0.15) is 0 Å². The maximum Gasteiger partial charge on any atom is 0.335 e. The Morgan fingerprint density at radius 1 is 1.17 bits per heavy atom. The second-order valence-corrected chi connectivity index (χ2v) is 6.54. The molecule has 0 aliphatic carbocycles. The summed E-state index contributed by atoms with van der Waals surface area (Å²) in [5, 5.41) is 14.9. The van der Waals surface area contributed by atoms with Crippen LogP contribution in [0.5, 0.6) is 0 Å². The van der Waals surface area contributed by atoms with Crippen molar-refractivity contribution in [3.8, 4) is 0 Å². The van der Waals surface area contributed by atoms with Crippen molar-refractivity contribution in [2.45, 2.75) is 6.92 Å². The number of carboxylic acid groups (broad SMARTS) is 1. The van der Waals surface area contributed by atoms with Crippen molar-refractivity contribution in [1.29, 1.82) is 0 Å². The van der Waals surface area contributed by atoms with Crippen molar-refractivity contribution in [2.75, 3.05) is 5.32 Å². The Morgan fingerprint density at radius 3 is 2.46 bits per heavy atom. The first-order chi connectivity index (χ1) is 11.3. The number of hydrogen-bond acceptors (Lipinski definition) is 3. The molecule has 5 nitrogen and oxygen atoms in total. The predicted molar refractivity (Wildman–Crippen MR) is 101 cm³/mol. The SMILES string of the molecule is Cc1ccc(C(=O)NC(=S)Nc2cc(C(=O)O)ccc2Br)cc1Cl. The third-order valence-electron chi connectivity index (χ3n) is 3.12. The molecular formula is C16H12BrClN2O3S. The molecule has 0 aromatic heterocycles.